The van der Waals surface area contributed by atoms with Crippen LogP contribution in [0.25, 0.3) is 0 Å². The minimum absolute atomic E-state index is 0.515. The second-order valence-corrected chi connectivity index (χ2v) is 5.44. The van der Waals surface area contributed by atoms with E-state index in [2.05, 4.69) is 13.8 Å². The monoisotopic (exact) mass is 270 g/mol. The molecule has 0 saturated heterocycles. The minimum atomic E-state index is -0.943. The topological polar surface area (TPSA) is 18.5 Å². The van der Waals surface area contributed by atoms with E-state index >= 15 is 0 Å². The average molecular weight is 271 g/mol. The Labute approximate surface area is 110 Å². The van der Waals surface area contributed by atoms with Gasteiger partial charge in [-0.2, -0.15) is 0 Å². The van der Waals surface area contributed by atoms with Gasteiger partial charge in [-0.25, -0.2) is 0 Å². The first-order valence-corrected chi connectivity index (χ1v) is 6.95. The summed E-state index contributed by atoms with van der Waals surface area (Å²) in [5, 5.41) is 0. The van der Waals surface area contributed by atoms with Crippen LogP contribution in [0.4, 0.5) is 0 Å². The molecule has 0 aromatic rings. The zero-order chi connectivity index (χ0) is 12.4. The Bertz CT molecular complexity index is 153. The molecule has 0 aromatic carbocycles. The SMILES string of the molecule is CCCCOC(OCCCC)C(Cl)(Cl)CC. The second-order valence-electron chi connectivity index (χ2n) is 3.90. The lowest BCUT2D eigenvalue weighted by atomic mass is 10.3. The molecule has 0 heterocycles. The van der Waals surface area contributed by atoms with Gasteiger partial charge in [-0.3, -0.25) is 0 Å². The Hall–Kier alpha value is 0.500. The molecular formula is C12H24Cl2O2. The normalized spacial score (nSPS) is 12.4. The maximum absolute atomic E-state index is 6.16. The number of hydrogen-bond donors (Lipinski definition) is 0. The third kappa shape index (κ3) is 6.95. The van der Waals surface area contributed by atoms with E-state index in [1.807, 2.05) is 6.92 Å². The summed E-state index contributed by atoms with van der Waals surface area (Å²) in [6.45, 7) is 7.46. The number of ether oxygens (including phenoxy) is 2. The highest BCUT2D eigenvalue weighted by Gasteiger charge is 2.34. The lowest BCUT2D eigenvalue weighted by Crippen LogP contribution is -2.36. The summed E-state index contributed by atoms with van der Waals surface area (Å²) in [5.41, 5.74) is 0. The lowest BCUT2D eigenvalue weighted by molar-refractivity contribution is -0.151. The molecule has 0 spiro atoms. The standard InChI is InChI=1S/C12H24Cl2O2/c1-4-7-9-15-11(12(13,14)6-3)16-10-8-5-2/h11H,4-10H2,1-3H3. The van der Waals surface area contributed by atoms with Gasteiger partial charge in [0.2, 0.25) is 0 Å². The lowest BCUT2D eigenvalue weighted by Gasteiger charge is -2.28. The largest absolute Gasteiger partial charge is 0.350 e. The van der Waals surface area contributed by atoms with Gasteiger partial charge in [0.1, 0.15) is 0 Å². The van der Waals surface area contributed by atoms with Crippen LogP contribution in [0, 0.1) is 0 Å². The number of rotatable bonds is 10. The molecule has 0 bridgehead atoms. The predicted octanol–water partition coefficient (Wildman–Crippen LogP) is 4.53. The molecule has 4 heteroatoms. The highest BCUT2D eigenvalue weighted by Crippen LogP contribution is 2.32. The van der Waals surface area contributed by atoms with E-state index in [0.717, 1.165) is 25.7 Å². The van der Waals surface area contributed by atoms with Crippen LogP contribution >= 0.6 is 23.2 Å². The summed E-state index contributed by atoms with van der Waals surface area (Å²) in [7, 11) is 0. The maximum Gasteiger partial charge on any atom is 0.190 e. The molecule has 0 unspecified atom stereocenters. The third-order valence-corrected chi connectivity index (χ3v) is 3.24. The molecule has 0 saturated carbocycles. The highest BCUT2D eigenvalue weighted by molar-refractivity contribution is 6.48. The molecule has 0 aromatic heterocycles. The fraction of sp³-hybridized carbons (Fsp3) is 1.00. The van der Waals surface area contributed by atoms with Gasteiger partial charge in [0.15, 0.2) is 10.6 Å². The van der Waals surface area contributed by atoms with Gasteiger partial charge in [-0.15, -0.1) is 0 Å². The van der Waals surface area contributed by atoms with Gasteiger partial charge < -0.3 is 9.47 Å². The Morgan fingerprint density at radius 1 is 0.938 bits per heavy atom. The molecule has 2 nitrogen and oxygen atoms in total. The molecule has 0 amide bonds. The molecule has 0 atom stereocenters. The fourth-order valence-electron chi connectivity index (χ4n) is 1.13. The smallest absolute Gasteiger partial charge is 0.190 e. The van der Waals surface area contributed by atoms with Crippen LogP contribution in [0.2, 0.25) is 0 Å². The molecule has 0 radical (unpaired) electrons. The zero-order valence-corrected chi connectivity index (χ0v) is 12.1. The predicted molar refractivity (Wildman–Crippen MR) is 70.2 cm³/mol. The molecule has 98 valence electrons. The van der Waals surface area contributed by atoms with Gasteiger partial charge in [-0.1, -0.05) is 56.8 Å². The summed E-state index contributed by atoms with van der Waals surface area (Å²) < 4.78 is 10.3. The van der Waals surface area contributed by atoms with Crippen molar-refractivity contribution >= 4 is 23.2 Å². The van der Waals surface area contributed by atoms with Crippen molar-refractivity contribution < 1.29 is 9.47 Å². The van der Waals surface area contributed by atoms with E-state index in [0.29, 0.717) is 19.6 Å². The highest BCUT2D eigenvalue weighted by atomic mass is 35.5. The van der Waals surface area contributed by atoms with Crippen molar-refractivity contribution in [2.45, 2.75) is 63.5 Å². The van der Waals surface area contributed by atoms with Crippen molar-refractivity contribution in [2.24, 2.45) is 0 Å². The van der Waals surface area contributed by atoms with Crippen LogP contribution in [0.5, 0.6) is 0 Å². The van der Waals surface area contributed by atoms with Crippen LogP contribution in [0.1, 0.15) is 52.9 Å². The zero-order valence-electron chi connectivity index (χ0n) is 10.6. The summed E-state index contributed by atoms with van der Waals surface area (Å²) in [4.78, 5) is 0. The molecule has 0 rings (SSSR count). The summed E-state index contributed by atoms with van der Waals surface area (Å²) >= 11 is 12.3. The second kappa shape index (κ2) is 9.52. The molecule has 0 fully saturated rings. The van der Waals surface area contributed by atoms with E-state index in [1.54, 1.807) is 0 Å². The van der Waals surface area contributed by atoms with Gasteiger partial charge in [0.05, 0.1) is 0 Å². The Kier molecular flexibility index (Phi) is 9.82. The van der Waals surface area contributed by atoms with E-state index in [-0.39, 0.29) is 0 Å². The van der Waals surface area contributed by atoms with Crippen LogP contribution in [-0.4, -0.2) is 23.8 Å². The molecule has 0 aliphatic rings. The van der Waals surface area contributed by atoms with Crippen molar-refractivity contribution in [1.29, 1.82) is 0 Å². The van der Waals surface area contributed by atoms with Crippen LogP contribution in [-0.2, 0) is 9.47 Å². The number of unbranched alkanes of at least 4 members (excludes halogenated alkanes) is 2. The number of alkyl halides is 2. The van der Waals surface area contributed by atoms with Gasteiger partial charge in [0.25, 0.3) is 0 Å². The molecular weight excluding hydrogens is 247 g/mol. The molecule has 0 aliphatic heterocycles. The molecule has 0 N–H and O–H groups in total. The maximum atomic E-state index is 6.16. The fourth-order valence-corrected chi connectivity index (χ4v) is 1.38. The van der Waals surface area contributed by atoms with E-state index in [9.17, 15) is 0 Å². The Balaban J connectivity index is 4.05. The Morgan fingerprint density at radius 3 is 1.69 bits per heavy atom. The molecule has 0 aliphatic carbocycles. The first-order valence-electron chi connectivity index (χ1n) is 6.19. The number of hydrogen-bond acceptors (Lipinski definition) is 2. The van der Waals surface area contributed by atoms with E-state index in [4.69, 9.17) is 32.7 Å². The van der Waals surface area contributed by atoms with Crippen LogP contribution < -0.4 is 0 Å². The van der Waals surface area contributed by atoms with E-state index in [1.165, 1.54) is 0 Å². The van der Waals surface area contributed by atoms with Crippen molar-refractivity contribution in [1.82, 2.24) is 0 Å². The van der Waals surface area contributed by atoms with Gasteiger partial charge in [-0.05, 0) is 19.3 Å². The van der Waals surface area contributed by atoms with Crippen LogP contribution in [0.3, 0.4) is 0 Å². The van der Waals surface area contributed by atoms with Gasteiger partial charge in [0, 0.05) is 13.2 Å². The quantitative estimate of drug-likeness (QED) is 0.330. The van der Waals surface area contributed by atoms with Crippen molar-refractivity contribution in [3.05, 3.63) is 0 Å². The molecule has 16 heavy (non-hydrogen) atoms. The summed E-state index contributed by atoms with van der Waals surface area (Å²) in [6, 6.07) is 0. The van der Waals surface area contributed by atoms with Crippen molar-refractivity contribution in [3.63, 3.8) is 0 Å². The van der Waals surface area contributed by atoms with Gasteiger partial charge >= 0.3 is 0 Å². The number of halogens is 2. The van der Waals surface area contributed by atoms with Crippen LogP contribution in [0.15, 0.2) is 0 Å². The average Bonchev–Trinajstić information content (AvgIpc) is 2.27. The first-order chi connectivity index (χ1) is 7.58. The van der Waals surface area contributed by atoms with Crippen molar-refractivity contribution in [2.75, 3.05) is 13.2 Å². The summed E-state index contributed by atoms with van der Waals surface area (Å²) in [6.07, 6.45) is 4.28. The third-order valence-electron chi connectivity index (χ3n) is 2.35. The first kappa shape index (κ1) is 16.5. The Morgan fingerprint density at radius 2 is 1.38 bits per heavy atom. The minimum Gasteiger partial charge on any atom is -0.350 e. The van der Waals surface area contributed by atoms with E-state index < -0.39 is 10.6 Å². The van der Waals surface area contributed by atoms with Crippen molar-refractivity contribution in [3.8, 4) is 0 Å². The summed E-state index contributed by atoms with van der Waals surface area (Å²) in [5.74, 6) is 0.